The molecule has 6 aromatic rings. The summed E-state index contributed by atoms with van der Waals surface area (Å²) >= 11 is 0. The maximum absolute atomic E-state index is 6.18. The lowest BCUT2D eigenvalue weighted by atomic mass is 10.1. The monoisotopic (exact) mass is 349 g/mol. The standard InChI is InChI=1S/C23H15N3O/c1-14-8-9-18-16(13-14)15-5-2-3-6-17(15)26(18)19-10-12-25-22-21-20(27-23(19)22)7-4-11-24-21/h2-13H,1H3. The Hall–Kier alpha value is -3.66. The molecule has 0 fully saturated rings. The fourth-order valence-corrected chi connectivity index (χ4v) is 3.99. The number of hydrogen-bond acceptors (Lipinski definition) is 3. The van der Waals surface area contributed by atoms with Crippen LogP contribution in [0.25, 0.3) is 49.7 Å². The van der Waals surface area contributed by atoms with E-state index in [2.05, 4.69) is 63.9 Å². The molecule has 128 valence electrons. The highest BCUT2D eigenvalue weighted by molar-refractivity contribution is 6.11. The molecule has 0 radical (unpaired) electrons. The summed E-state index contributed by atoms with van der Waals surface area (Å²) in [6.45, 7) is 2.13. The van der Waals surface area contributed by atoms with E-state index in [9.17, 15) is 0 Å². The van der Waals surface area contributed by atoms with Gasteiger partial charge in [0.1, 0.15) is 11.0 Å². The van der Waals surface area contributed by atoms with Crippen LogP contribution in [0.3, 0.4) is 0 Å². The van der Waals surface area contributed by atoms with Gasteiger partial charge in [0.2, 0.25) is 0 Å². The minimum absolute atomic E-state index is 0.754. The van der Waals surface area contributed by atoms with Gasteiger partial charge in [-0.05, 0) is 43.3 Å². The van der Waals surface area contributed by atoms with Gasteiger partial charge in [-0.25, -0.2) is 0 Å². The highest BCUT2D eigenvalue weighted by Crippen LogP contribution is 2.36. The van der Waals surface area contributed by atoms with Crippen LogP contribution in [0.1, 0.15) is 5.56 Å². The molecule has 2 aromatic carbocycles. The van der Waals surface area contributed by atoms with Crippen molar-refractivity contribution in [3.05, 3.63) is 78.6 Å². The first-order valence-electron chi connectivity index (χ1n) is 8.94. The summed E-state index contributed by atoms with van der Waals surface area (Å²) in [5, 5.41) is 2.47. The zero-order valence-corrected chi connectivity index (χ0v) is 14.7. The summed E-state index contributed by atoms with van der Waals surface area (Å²) in [6.07, 6.45) is 3.60. The second-order valence-electron chi connectivity index (χ2n) is 6.83. The highest BCUT2D eigenvalue weighted by atomic mass is 16.3. The molecule has 4 heterocycles. The highest BCUT2D eigenvalue weighted by Gasteiger charge is 2.18. The molecule has 0 amide bonds. The number of aromatic nitrogens is 3. The van der Waals surface area contributed by atoms with Gasteiger partial charge >= 0.3 is 0 Å². The van der Waals surface area contributed by atoms with Crippen molar-refractivity contribution in [3.63, 3.8) is 0 Å². The maximum Gasteiger partial charge on any atom is 0.179 e. The van der Waals surface area contributed by atoms with E-state index < -0.39 is 0 Å². The average Bonchev–Trinajstić information content (AvgIpc) is 3.24. The molecule has 0 unspecified atom stereocenters. The molecule has 0 N–H and O–H groups in total. The van der Waals surface area contributed by atoms with Crippen molar-refractivity contribution in [1.82, 2.24) is 14.5 Å². The molecule has 4 heteroatoms. The molecule has 4 nitrogen and oxygen atoms in total. The number of aryl methyl sites for hydroxylation is 1. The lowest BCUT2D eigenvalue weighted by Crippen LogP contribution is -1.95. The first-order valence-corrected chi connectivity index (χ1v) is 8.94. The Morgan fingerprint density at radius 1 is 0.778 bits per heavy atom. The third kappa shape index (κ3) is 1.92. The first-order chi connectivity index (χ1) is 13.3. The lowest BCUT2D eigenvalue weighted by Gasteiger charge is -2.08. The van der Waals surface area contributed by atoms with E-state index in [0.717, 1.165) is 38.9 Å². The predicted octanol–water partition coefficient (Wildman–Crippen LogP) is 5.78. The second-order valence-corrected chi connectivity index (χ2v) is 6.83. The van der Waals surface area contributed by atoms with Crippen LogP contribution < -0.4 is 0 Å². The smallest absolute Gasteiger partial charge is 0.179 e. The van der Waals surface area contributed by atoms with Crippen LogP contribution in [0.15, 0.2) is 77.5 Å². The first kappa shape index (κ1) is 14.5. The Balaban J connectivity index is 1.83. The van der Waals surface area contributed by atoms with E-state index >= 15 is 0 Å². The Kier molecular flexibility index (Phi) is 2.78. The minimum Gasteiger partial charge on any atom is -0.450 e. The van der Waals surface area contributed by atoms with Crippen molar-refractivity contribution in [3.8, 4) is 5.69 Å². The van der Waals surface area contributed by atoms with Gasteiger partial charge in [-0.2, -0.15) is 0 Å². The quantitative estimate of drug-likeness (QED) is 0.378. The van der Waals surface area contributed by atoms with Gasteiger partial charge in [0.25, 0.3) is 0 Å². The van der Waals surface area contributed by atoms with Gasteiger partial charge in [-0.1, -0.05) is 29.8 Å². The van der Waals surface area contributed by atoms with Gasteiger partial charge < -0.3 is 8.98 Å². The zero-order chi connectivity index (χ0) is 18.0. The topological polar surface area (TPSA) is 43.9 Å². The average molecular weight is 349 g/mol. The third-order valence-electron chi connectivity index (χ3n) is 5.16. The summed E-state index contributed by atoms with van der Waals surface area (Å²) in [4.78, 5) is 9.01. The third-order valence-corrected chi connectivity index (χ3v) is 5.16. The van der Waals surface area contributed by atoms with Crippen molar-refractivity contribution >= 4 is 44.0 Å². The van der Waals surface area contributed by atoms with Crippen molar-refractivity contribution in [2.75, 3.05) is 0 Å². The summed E-state index contributed by atoms with van der Waals surface area (Å²) in [6, 6.07) is 20.9. The number of pyridine rings is 2. The van der Waals surface area contributed by atoms with E-state index in [1.807, 2.05) is 24.4 Å². The van der Waals surface area contributed by atoms with Crippen LogP contribution >= 0.6 is 0 Å². The molecule has 0 atom stereocenters. The Bertz CT molecular complexity index is 1490. The normalized spacial score (nSPS) is 11.9. The fraction of sp³-hybridized carbons (Fsp3) is 0.0435. The molecule has 0 spiro atoms. The lowest BCUT2D eigenvalue weighted by molar-refractivity contribution is 0.665. The number of fused-ring (bicyclic) bond motifs is 6. The molecule has 0 aliphatic carbocycles. The summed E-state index contributed by atoms with van der Waals surface area (Å²) in [7, 11) is 0. The number of rotatable bonds is 1. The number of para-hydroxylation sites is 1. The Morgan fingerprint density at radius 2 is 1.63 bits per heavy atom. The Morgan fingerprint density at radius 3 is 2.59 bits per heavy atom. The van der Waals surface area contributed by atoms with Gasteiger partial charge in [-0.15, -0.1) is 0 Å². The number of furan rings is 1. The second kappa shape index (κ2) is 5.17. The molecule has 6 rings (SSSR count). The van der Waals surface area contributed by atoms with Gasteiger partial charge in [0.05, 0.1) is 16.7 Å². The molecule has 0 saturated heterocycles. The predicted molar refractivity (Wildman–Crippen MR) is 108 cm³/mol. The zero-order valence-electron chi connectivity index (χ0n) is 14.7. The minimum atomic E-state index is 0.754. The molecular formula is C23H15N3O. The Labute approximate surface area is 154 Å². The fourth-order valence-electron chi connectivity index (χ4n) is 3.99. The molecule has 27 heavy (non-hydrogen) atoms. The molecule has 0 bridgehead atoms. The summed E-state index contributed by atoms with van der Waals surface area (Å²) in [5.74, 6) is 0. The van der Waals surface area contributed by atoms with Crippen molar-refractivity contribution in [2.45, 2.75) is 6.92 Å². The van der Waals surface area contributed by atoms with Gasteiger partial charge in [-0.3, -0.25) is 9.97 Å². The summed E-state index contributed by atoms with van der Waals surface area (Å²) in [5.41, 5.74) is 7.64. The van der Waals surface area contributed by atoms with Crippen LogP contribution in [0.4, 0.5) is 0 Å². The number of benzene rings is 2. The number of nitrogens with zero attached hydrogens (tertiary/aromatic N) is 3. The molecule has 4 aromatic heterocycles. The van der Waals surface area contributed by atoms with E-state index in [0.29, 0.717) is 0 Å². The van der Waals surface area contributed by atoms with Gasteiger partial charge in [0, 0.05) is 23.2 Å². The molecule has 0 aliphatic heterocycles. The van der Waals surface area contributed by atoms with Crippen LogP contribution in [0, 0.1) is 6.92 Å². The largest absolute Gasteiger partial charge is 0.450 e. The van der Waals surface area contributed by atoms with Crippen molar-refractivity contribution in [1.29, 1.82) is 0 Å². The van der Waals surface area contributed by atoms with Gasteiger partial charge in [0.15, 0.2) is 11.2 Å². The van der Waals surface area contributed by atoms with E-state index in [-0.39, 0.29) is 0 Å². The number of hydrogen-bond donors (Lipinski definition) is 0. The molecule has 0 saturated carbocycles. The van der Waals surface area contributed by atoms with Crippen LogP contribution in [0.2, 0.25) is 0 Å². The SMILES string of the molecule is Cc1ccc2c(c1)c1ccccc1n2-c1ccnc2c1oc1cccnc12. The van der Waals surface area contributed by atoms with Crippen LogP contribution in [-0.4, -0.2) is 14.5 Å². The van der Waals surface area contributed by atoms with Crippen molar-refractivity contribution < 1.29 is 4.42 Å². The van der Waals surface area contributed by atoms with Crippen molar-refractivity contribution in [2.24, 2.45) is 0 Å². The molecular weight excluding hydrogens is 334 g/mol. The molecule has 0 aliphatic rings. The van der Waals surface area contributed by atoms with Crippen LogP contribution in [0.5, 0.6) is 0 Å². The van der Waals surface area contributed by atoms with Crippen LogP contribution in [-0.2, 0) is 0 Å². The summed E-state index contributed by atoms with van der Waals surface area (Å²) < 4.78 is 8.44. The maximum atomic E-state index is 6.18. The van der Waals surface area contributed by atoms with E-state index in [1.165, 1.54) is 16.3 Å². The van der Waals surface area contributed by atoms with E-state index in [1.54, 1.807) is 6.20 Å². The van der Waals surface area contributed by atoms with E-state index in [4.69, 9.17) is 4.42 Å².